The molecular weight excluding hydrogens is 234 g/mol. The number of halogens is 2. The van der Waals surface area contributed by atoms with Crippen molar-refractivity contribution >= 4 is 12.6 Å². The van der Waals surface area contributed by atoms with Gasteiger partial charge in [0.05, 0.1) is 6.10 Å². The number of aliphatic hydroxyl groups is 2. The van der Waals surface area contributed by atoms with Gasteiger partial charge in [-0.1, -0.05) is 24.3 Å². The number of hydrogen-bond acceptors (Lipinski definition) is 3. The molecule has 0 aliphatic heterocycles. The standard InChI is InChI=1S/C11H14F2O2S/c12-11(13)8-4-2-1-3-7(8)10(15)9(14)5-6-16/h1-4,9-11,14-16H,5-6H2. The molecule has 2 atom stereocenters. The molecule has 0 spiro atoms. The van der Waals surface area contributed by atoms with Crippen LogP contribution >= 0.6 is 12.6 Å². The Morgan fingerprint density at radius 1 is 1.12 bits per heavy atom. The van der Waals surface area contributed by atoms with Gasteiger partial charge in [-0.05, 0) is 17.7 Å². The number of alkyl halides is 2. The Morgan fingerprint density at radius 3 is 2.19 bits per heavy atom. The van der Waals surface area contributed by atoms with Gasteiger partial charge in [0.1, 0.15) is 6.10 Å². The summed E-state index contributed by atoms with van der Waals surface area (Å²) in [5.41, 5.74) is -0.167. The van der Waals surface area contributed by atoms with E-state index in [2.05, 4.69) is 12.6 Å². The van der Waals surface area contributed by atoms with Gasteiger partial charge in [-0.25, -0.2) is 8.78 Å². The summed E-state index contributed by atoms with van der Waals surface area (Å²) in [6, 6.07) is 5.67. The molecule has 16 heavy (non-hydrogen) atoms. The summed E-state index contributed by atoms with van der Waals surface area (Å²) in [6.45, 7) is 0. The number of aliphatic hydroxyl groups excluding tert-OH is 2. The molecule has 0 fully saturated rings. The summed E-state index contributed by atoms with van der Waals surface area (Å²) in [5.74, 6) is 0.384. The van der Waals surface area contributed by atoms with Gasteiger partial charge in [0.25, 0.3) is 6.43 Å². The van der Waals surface area contributed by atoms with Gasteiger partial charge in [0.2, 0.25) is 0 Å². The van der Waals surface area contributed by atoms with Crippen LogP contribution in [0.5, 0.6) is 0 Å². The predicted octanol–water partition coefficient (Wildman–Crippen LogP) is 2.34. The Balaban J connectivity index is 2.93. The van der Waals surface area contributed by atoms with Crippen LogP contribution in [-0.2, 0) is 0 Å². The second-order valence-corrected chi connectivity index (χ2v) is 3.90. The van der Waals surface area contributed by atoms with Crippen molar-refractivity contribution in [1.29, 1.82) is 0 Å². The van der Waals surface area contributed by atoms with Crippen molar-refractivity contribution in [3.8, 4) is 0 Å². The molecule has 0 aliphatic carbocycles. The monoisotopic (exact) mass is 248 g/mol. The van der Waals surface area contributed by atoms with Crippen molar-refractivity contribution < 1.29 is 19.0 Å². The van der Waals surface area contributed by atoms with Crippen LogP contribution in [0.4, 0.5) is 8.78 Å². The van der Waals surface area contributed by atoms with E-state index in [0.29, 0.717) is 5.75 Å². The Morgan fingerprint density at radius 2 is 1.69 bits per heavy atom. The van der Waals surface area contributed by atoms with Crippen molar-refractivity contribution in [2.75, 3.05) is 5.75 Å². The lowest BCUT2D eigenvalue weighted by molar-refractivity contribution is 0.0145. The summed E-state index contributed by atoms with van der Waals surface area (Å²) in [6.07, 6.45) is -4.77. The smallest absolute Gasteiger partial charge is 0.264 e. The maximum Gasteiger partial charge on any atom is 0.264 e. The average molecular weight is 248 g/mol. The topological polar surface area (TPSA) is 40.5 Å². The van der Waals surface area contributed by atoms with Gasteiger partial charge in [-0.15, -0.1) is 0 Å². The van der Waals surface area contributed by atoms with E-state index in [1.54, 1.807) is 6.07 Å². The fourth-order valence-electron chi connectivity index (χ4n) is 1.48. The Hall–Kier alpha value is -0.650. The lowest BCUT2D eigenvalue weighted by atomic mass is 9.97. The van der Waals surface area contributed by atoms with E-state index in [9.17, 15) is 19.0 Å². The molecule has 0 bridgehead atoms. The summed E-state index contributed by atoms with van der Waals surface area (Å²) in [5, 5.41) is 19.3. The van der Waals surface area contributed by atoms with Crippen LogP contribution in [0.2, 0.25) is 0 Å². The number of hydrogen-bond donors (Lipinski definition) is 3. The molecule has 0 radical (unpaired) electrons. The SMILES string of the molecule is OC(CCS)C(O)c1ccccc1C(F)F. The lowest BCUT2D eigenvalue weighted by Crippen LogP contribution is -2.20. The Labute approximate surface area is 98.3 Å². The molecular formula is C11H14F2O2S. The normalized spacial score (nSPS) is 15.1. The molecule has 0 aromatic heterocycles. The summed E-state index contributed by atoms with van der Waals surface area (Å²) >= 11 is 3.91. The summed E-state index contributed by atoms with van der Waals surface area (Å²) in [7, 11) is 0. The first-order valence-electron chi connectivity index (χ1n) is 4.92. The van der Waals surface area contributed by atoms with Crippen LogP contribution in [-0.4, -0.2) is 22.1 Å². The third-order valence-corrected chi connectivity index (χ3v) is 2.60. The highest BCUT2D eigenvalue weighted by Crippen LogP contribution is 2.29. The van der Waals surface area contributed by atoms with E-state index in [1.165, 1.54) is 18.2 Å². The Kier molecular flexibility index (Phi) is 5.18. The van der Waals surface area contributed by atoms with Crippen LogP contribution < -0.4 is 0 Å². The zero-order chi connectivity index (χ0) is 12.1. The van der Waals surface area contributed by atoms with E-state index in [4.69, 9.17) is 0 Å². The fraction of sp³-hybridized carbons (Fsp3) is 0.455. The molecule has 1 rings (SSSR count). The largest absolute Gasteiger partial charge is 0.390 e. The van der Waals surface area contributed by atoms with Crippen LogP contribution in [0, 0.1) is 0 Å². The molecule has 90 valence electrons. The Bertz CT molecular complexity index is 334. The van der Waals surface area contributed by atoms with Crippen LogP contribution in [0.1, 0.15) is 30.1 Å². The minimum Gasteiger partial charge on any atom is -0.390 e. The van der Waals surface area contributed by atoms with Crippen LogP contribution in [0.15, 0.2) is 24.3 Å². The maximum atomic E-state index is 12.6. The molecule has 0 saturated heterocycles. The first-order chi connectivity index (χ1) is 7.57. The summed E-state index contributed by atoms with van der Waals surface area (Å²) < 4.78 is 25.3. The van der Waals surface area contributed by atoms with Gasteiger partial charge in [-0.2, -0.15) is 12.6 Å². The van der Waals surface area contributed by atoms with E-state index >= 15 is 0 Å². The van der Waals surface area contributed by atoms with Gasteiger partial charge in [0, 0.05) is 5.56 Å². The average Bonchev–Trinajstić information content (AvgIpc) is 2.28. The lowest BCUT2D eigenvalue weighted by Gasteiger charge is -2.20. The quantitative estimate of drug-likeness (QED) is 0.700. The molecule has 1 aromatic carbocycles. The molecule has 2 nitrogen and oxygen atoms in total. The minimum absolute atomic E-state index is 0.0757. The number of thiol groups is 1. The molecule has 0 aliphatic rings. The van der Waals surface area contributed by atoms with Crippen molar-refractivity contribution in [3.63, 3.8) is 0 Å². The zero-order valence-electron chi connectivity index (χ0n) is 8.55. The van der Waals surface area contributed by atoms with Gasteiger partial charge in [0.15, 0.2) is 0 Å². The molecule has 2 unspecified atom stereocenters. The first-order valence-corrected chi connectivity index (χ1v) is 5.55. The van der Waals surface area contributed by atoms with Crippen molar-refractivity contribution in [2.45, 2.75) is 25.1 Å². The molecule has 0 heterocycles. The number of benzene rings is 1. The highest BCUT2D eigenvalue weighted by atomic mass is 32.1. The van der Waals surface area contributed by atoms with E-state index in [-0.39, 0.29) is 17.5 Å². The van der Waals surface area contributed by atoms with Crippen molar-refractivity contribution in [1.82, 2.24) is 0 Å². The van der Waals surface area contributed by atoms with Crippen LogP contribution in [0.3, 0.4) is 0 Å². The van der Waals surface area contributed by atoms with Gasteiger partial charge in [-0.3, -0.25) is 0 Å². The third-order valence-electron chi connectivity index (χ3n) is 2.34. The molecule has 1 aromatic rings. The number of rotatable bonds is 5. The zero-order valence-corrected chi connectivity index (χ0v) is 9.45. The fourth-order valence-corrected chi connectivity index (χ4v) is 1.74. The highest BCUT2D eigenvalue weighted by molar-refractivity contribution is 7.80. The van der Waals surface area contributed by atoms with Gasteiger partial charge >= 0.3 is 0 Å². The van der Waals surface area contributed by atoms with E-state index in [1.807, 2.05) is 0 Å². The van der Waals surface area contributed by atoms with E-state index < -0.39 is 18.6 Å². The first kappa shape index (κ1) is 13.4. The summed E-state index contributed by atoms with van der Waals surface area (Å²) in [4.78, 5) is 0. The molecule has 0 saturated carbocycles. The van der Waals surface area contributed by atoms with Crippen LogP contribution in [0.25, 0.3) is 0 Å². The second kappa shape index (κ2) is 6.18. The third kappa shape index (κ3) is 3.17. The van der Waals surface area contributed by atoms with Gasteiger partial charge < -0.3 is 10.2 Å². The molecule has 0 amide bonds. The van der Waals surface area contributed by atoms with Crippen molar-refractivity contribution in [2.24, 2.45) is 0 Å². The van der Waals surface area contributed by atoms with Crippen molar-refractivity contribution in [3.05, 3.63) is 35.4 Å². The highest BCUT2D eigenvalue weighted by Gasteiger charge is 2.23. The molecule has 2 N–H and O–H groups in total. The van der Waals surface area contributed by atoms with E-state index in [0.717, 1.165) is 0 Å². The second-order valence-electron chi connectivity index (χ2n) is 3.45. The molecule has 5 heteroatoms. The maximum absolute atomic E-state index is 12.6. The predicted molar refractivity (Wildman–Crippen MR) is 60.8 cm³/mol. The minimum atomic E-state index is -2.66.